The molecule has 0 spiro atoms. The molecule has 0 aliphatic heterocycles. The maximum absolute atomic E-state index is 11.5. The van der Waals surface area contributed by atoms with E-state index in [9.17, 15) is 9.59 Å². The molecule has 0 saturated heterocycles. The SMILES string of the molecule is CC(C)(C)C(=O)OCCCCc1cccc(C=O)c1. The molecule has 0 N–H and O–H groups in total. The summed E-state index contributed by atoms with van der Waals surface area (Å²) >= 11 is 0. The maximum atomic E-state index is 11.5. The summed E-state index contributed by atoms with van der Waals surface area (Å²) in [4.78, 5) is 22.2. The van der Waals surface area contributed by atoms with Crippen LogP contribution in [0.4, 0.5) is 0 Å². The van der Waals surface area contributed by atoms with Gasteiger partial charge in [0.25, 0.3) is 0 Å². The van der Waals surface area contributed by atoms with E-state index in [4.69, 9.17) is 4.74 Å². The average Bonchev–Trinajstić information content (AvgIpc) is 2.37. The molecule has 1 aromatic rings. The molecular weight excluding hydrogens is 240 g/mol. The second-order valence-corrected chi connectivity index (χ2v) is 5.71. The number of carbonyl (C=O) groups excluding carboxylic acids is 2. The molecule has 0 aliphatic rings. The number of carbonyl (C=O) groups is 2. The Bertz CT molecular complexity index is 430. The Kier molecular flexibility index (Phi) is 5.74. The van der Waals surface area contributed by atoms with Gasteiger partial charge in [0.15, 0.2) is 0 Å². The van der Waals surface area contributed by atoms with Gasteiger partial charge in [-0.15, -0.1) is 0 Å². The van der Waals surface area contributed by atoms with Crippen molar-refractivity contribution in [2.24, 2.45) is 5.41 Å². The van der Waals surface area contributed by atoms with Gasteiger partial charge in [0.2, 0.25) is 0 Å². The van der Waals surface area contributed by atoms with E-state index >= 15 is 0 Å². The number of aldehydes is 1. The molecule has 0 saturated carbocycles. The van der Waals surface area contributed by atoms with E-state index in [1.165, 1.54) is 0 Å². The van der Waals surface area contributed by atoms with Gasteiger partial charge in [0.1, 0.15) is 6.29 Å². The number of rotatable bonds is 6. The van der Waals surface area contributed by atoms with Crippen LogP contribution in [-0.4, -0.2) is 18.9 Å². The van der Waals surface area contributed by atoms with Gasteiger partial charge in [-0.25, -0.2) is 0 Å². The van der Waals surface area contributed by atoms with Crippen LogP contribution >= 0.6 is 0 Å². The van der Waals surface area contributed by atoms with Crippen LogP contribution in [0.3, 0.4) is 0 Å². The normalized spacial score (nSPS) is 11.1. The summed E-state index contributed by atoms with van der Waals surface area (Å²) in [6, 6.07) is 7.59. The van der Waals surface area contributed by atoms with Crippen LogP contribution in [-0.2, 0) is 16.0 Å². The zero-order chi connectivity index (χ0) is 14.3. The van der Waals surface area contributed by atoms with E-state index in [0.717, 1.165) is 31.1 Å². The van der Waals surface area contributed by atoms with Crippen molar-refractivity contribution >= 4 is 12.3 Å². The smallest absolute Gasteiger partial charge is 0.311 e. The Labute approximate surface area is 115 Å². The summed E-state index contributed by atoms with van der Waals surface area (Å²) in [5.41, 5.74) is 1.42. The highest BCUT2D eigenvalue weighted by molar-refractivity contribution is 5.75. The van der Waals surface area contributed by atoms with Crippen LogP contribution in [0.15, 0.2) is 24.3 Å². The predicted molar refractivity (Wildman–Crippen MR) is 75.2 cm³/mol. The largest absolute Gasteiger partial charge is 0.465 e. The van der Waals surface area contributed by atoms with Crippen LogP contribution in [0.25, 0.3) is 0 Å². The number of hydrogen-bond donors (Lipinski definition) is 0. The monoisotopic (exact) mass is 262 g/mol. The van der Waals surface area contributed by atoms with Gasteiger partial charge in [0.05, 0.1) is 12.0 Å². The van der Waals surface area contributed by atoms with Gasteiger partial charge < -0.3 is 4.74 Å². The van der Waals surface area contributed by atoms with Crippen LogP contribution in [0.1, 0.15) is 49.5 Å². The summed E-state index contributed by atoms with van der Waals surface area (Å²) < 4.78 is 5.19. The molecule has 3 heteroatoms. The first kappa shape index (κ1) is 15.4. The van der Waals surface area contributed by atoms with Gasteiger partial charge in [-0.3, -0.25) is 9.59 Å². The molecule has 104 valence electrons. The molecule has 0 unspecified atom stereocenters. The molecule has 0 radical (unpaired) electrons. The van der Waals surface area contributed by atoms with E-state index in [1.54, 1.807) is 6.07 Å². The maximum Gasteiger partial charge on any atom is 0.311 e. The van der Waals surface area contributed by atoms with E-state index in [2.05, 4.69) is 0 Å². The van der Waals surface area contributed by atoms with Gasteiger partial charge in [-0.1, -0.05) is 18.2 Å². The van der Waals surface area contributed by atoms with Crippen molar-refractivity contribution in [2.75, 3.05) is 6.61 Å². The Balaban J connectivity index is 2.24. The number of hydrogen-bond acceptors (Lipinski definition) is 3. The van der Waals surface area contributed by atoms with Crippen molar-refractivity contribution in [3.8, 4) is 0 Å². The van der Waals surface area contributed by atoms with Crippen molar-refractivity contribution in [3.05, 3.63) is 35.4 Å². The lowest BCUT2D eigenvalue weighted by Gasteiger charge is -2.16. The number of aryl methyl sites for hydroxylation is 1. The summed E-state index contributed by atoms with van der Waals surface area (Å²) in [5, 5.41) is 0. The minimum atomic E-state index is -0.432. The van der Waals surface area contributed by atoms with Crippen molar-refractivity contribution < 1.29 is 14.3 Å². The first-order valence-electron chi connectivity index (χ1n) is 6.65. The fourth-order valence-corrected chi connectivity index (χ4v) is 1.63. The van der Waals surface area contributed by atoms with Crippen LogP contribution in [0.2, 0.25) is 0 Å². The molecule has 0 bridgehead atoms. The van der Waals surface area contributed by atoms with Crippen LogP contribution < -0.4 is 0 Å². The quantitative estimate of drug-likeness (QED) is 0.448. The van der Waals surface area contributed by atoms with E-state index < -0.39 is 5.41 Å². The Morgan fingerprint density at radius 3 is 2.63 bits per heavy atom. The second-order valence-electron chi connectivity index (χ2n) is 5.71. The van der Waals surface area contributed by atoms with Crippen molar-refractivity contribution in [3.63, 3.8) is 0 Å². The van der Waals surface area contributed by atoms with E-state index in [0.29, 0.717) is 12.2 Å². The number of benzene rings is 1. The van der Waals surface area contributed by atoms with Gasteiger partial charge in [-0.05, 0) is 51.7 Å². The molecule has 0 heterocycles. The lowest BCUT2D eigenvalue weighted by Crippen LogP contribution is -2.23. The minimum absolute atomic E-state index is 0.157. The summed E-state index contributed by atoms with van der Waals surface area (Å²) in [7, 11) is 0. The Morgan fingerprint density at radius 1 is 1.26 bits per heavy atom. The highest BCUT2D eigenvalue weighted by Gasteiger charge is 2.22. The molecule has 1 rings (SSSR count). The highest BCUT2D eigenvalue weighted by atomic mass is 16.5. The first-order valence-corrected chi connectivity index (χ1v) is 6.65. The molecule has 0 amide bonds. The zero-order valence-electron chi connectivity index (χ0n) is 11.9. The summed E-state index contributed by atoms with van der Waals surface area (Å²) in [6.45, 7) is 6.00. The topological polar surface area (TPSA) is 43.4 Å². The van der Waals surface area contributed by atoms with Gasteiger partial charge in [0, 0.05) is 5.56 Å². The lowest BCUT2D eigenvalue weighted by molar-refractivity contribution is -0.153. The predicted octanol–water partition coefficient (Wildman–Crippen LogP) is 3.41. The van der Waals surface area contributed by atoms with Crippen molar-refractivity contribution in [2.45, 2.75) is 40.0 Å². The third-order valence-corrected chi connectivity index (χ3v) is 2.79. The summed E-state index contributed by atoms with van der Waals surface area (Å²) in [6.07, 6.45) is 3.54. The van der Waals surface area contributed by atoms with Gasteiger partial charge >= 0.3 is 5.97 Å². The van der Waals surface area contributed by atoms with Crippen LogP contribution in [0.5, 0.6) is 0 Å². The van der Waals surface area contributed by atoms with Crippen LogP contribution in [0, 0.1) is 5.41 Å². The zero-order valence-corrected chi connectivity index (χ0v) is 11.9. The standard InChI is InChI=1S/C16H22O3/c1-16(2,3)15(18)19-10-5-4-7-13-8-6-9-14(11-13)12-17/h6,8-9,11-12H,4-5,7,10H2,1-3H3. The van der Waals surface area contributed by atoms with Crippen molar-refractivity contribution in [1.29, 1.82) is 0 Å². The van der Waals surface area contributed by atoms with E-state index in [-0.39, 0.29) is 5.97 Å². The molecule has 0 atom stereocenters. The second kappa shape index (κ2) is 7.07. The number of esters is 1. The van der Waals surface area contributed by atoms with Gasteiger partial charge in [-0.2, -0.15) is 0 Å². The van der Waals surface area contributed by atoms with Crippen molar-refractivity contribution in [1.82, 2.24) is 0 Å². The third-order valence-electron chi connectivity index (χ3n) is 2.79. The molecule has 19 heavy (non-hydrogen) atoms. The minimum Gasteiger partial charge on any atom is -0.465 e. The molecule has 1 aromatic carbocycles. The highest BCUT2D eigenvalue weighted by Crippen LogP contribution is 2.15. The number of ether oxygens (including phenoxy) is 1. The Hall–Kier alpha value is -1.64. The molecule has 3 nitrogen and oxygen atoms in total. The molecule has 0 fully saturated rings. The fourth-order valence-electron chi connectivity index (χ4n) is 1.63. The summed E-state index contributed by atoms with van der Waals surface area (Å²) in [5.74, 6) is -0.157. The number of unbranched alkanes of at least 4 members (excludes halogenated alkanes) is 1. The Morgan fingerprint density at radius 2 is 2.00 bits per heavy atom. The molecular formula is C16H22O3. The molecule has 0 aromatic heterocycles. The average molecular weight is 262 g/mol. The first-order chi connectivity index (χ1) is 8.93. The lowest BCUT2D eigenvalue weighted by atomic mass is 9.97. The van der Waals surface area contributed by atoms with E-state index in [1.807, 2.05) is 39.0 Å². The third kappa shape index (κ3) is 5.69. The fraction of sp³-hybridized carbons (Fsp3) is 0.500. The molecule has 0 aliphatic carbocycles.